The van der Waals surface area contributed by atoms with Gasteiger partial charge in [-0.25, -0.2) is 9.18 Å². The van der Waals surface area contributed by atoms with Gasteiger partial charge in [-0.1, -0.05) is 36.7 Å². The van der Waals surface area contributed by atoms with Crippen LogP contribution in [0.5, 0.6) is 0 Å². The van der Waals surface area contributed by atoms with Crippen LogP contribution in [0.2, 0.25) is 5.02 Å². The highest BCUT2D eigenvalue weighted by atomic mass is 35.5. The number of nitrogens with two attached hydrogens (primary N) is 1. The normalized spacial score (nSPS) is 24.0. The van der Waals surface area contributed by atoms with Crippen LogP contribution in [0.3, 0.4) is 0 Å². The number of rotatable bonds is 3. The average Bonchev–Trinajstić information content (AvgIpc) is 2.61. The second-order valence-electron chi connectivity index (χ2n) is 7.37. The molecule has 0 aliphatic carbocycles. The molecule has 1 aromatic heterocycles. The number of primary amides is 1. The Morgan fingerprint density at radius 2 is 2.11 bits per heavy atom. The molecule has 2 amide bonds. The number of hydrogen-bond acceptors (Lipinski definition) is 3. The summed E-state index contributed by atoms with van der Waals surface area (Å²) in [6.07, 6.45) is 2.77. The second-order valence-corrected chi connectivity index (χ2v) is 7.77. The van der Waals surface area contributed by atoms with Crippen LogP contribution in [-0.4, -0.2) is 40.6 Å². The van der Waals surface area contributed by atoms with Crippen LogP contribution in [-0.2, 0) is 0 Å². The van der Waals surface area contributed by atoms with Gasteiger partial charge in [0.2, 0.25) is 0 Å². The Balaban J connectivity index is 2.06. The van der Waals surface area contributed by atoms with Gasteiger partial charge in [-0.3, -0.25) is 4.98 Å². The summed E-state index contributed by atoms with van der Waals surface area (Å²) >= 11 is 6.43. The van der Waals surface area contributed by atoms with Gasteiger partial charge < -0.3 is 15.5 Å². The minimum atomic E-state index is -0.676. The third kappa shape index (κ3) is 3.46. The number of piperazine rings is 1. The fraction of sp³-hybridized carbons (Fsp3) is 0.400. The first-order valence-corrected chi connectivity index (χ1v) is 9.31. The van der Waals surface area contributed by atoms with Crippen LogP contribution in [0, 0.1) is 5.82 Å². The van der Waals surface area contributed by atoms with Gasteiger partial charge in [0.15, 0.2) is 5.82 Å². The Morgan fingerprint density at radius 3 is 2.74 bits per heavy atom. The van der Waals surface area contributed by atoms with E-state index in [1.54, 1.807) is 17.2 Å². The fourth-order valence-electron chi connectivity index (χ4n) is 4.21. The number of anilines is 1. The van der Waals surface area contributed by atoms with Crippen molar-refractivity contribution in [3.8, 4) is 0 Å². The zero-order valence-electron chi connectivity index (χ0n) is 15.7. The Labute approximate surface area is 163 Å². The van der Waals surface area contributed by atoms with Crippen molar-refractivity contribution >= 4 is 23.3 Å². The van der Waals surface area contributed by atoms with Crippen LogP contribution in [0.15, 0.2) is 42.7 Å². The standard InChI is InChI=1S/C20H24ClFN4O/c1-13-11-25(18-8-9-24-10-17(18)22)12-20(3,26(13)19(23)27)14(2)15-6-4-5-7-16(15)21/h4-10,13-14H,11-12H2,1-3H3,(H2,23,27)/t13?,14-,20?/m0/s1. The van der Waals surface area contributed by atoms with Gasteiger partial charge in [0.25, 0.3) is 0 Å². The first-order chi connectivity index (χ1) is 12.8. The monoisotopic (exact) mass is 390 g/mol. The van der Waals surface area contributed by atoms with E-state index < -0.39 is 11.6 Å². The number of hydrogen-bond donors (Lipinski definition) is 1. The van der Waals surface area contributed by atoms with Crippen LogP contribution in [0.1, 0.15) is 32.3 Å². The summed E-state index contributed by atoms with van der Waals surface area (Å²) in [4.78, 5) is 19.8. The Morgan fingerprint density at radius 1 is 1.41 bits per heavy atom. The Kier molecular flexibility index (Phi) is 5.29. The lowest BCUT2D eigenvalue weighted by atomic mass is 9.77. The highest BCUT2D eigenvalue weighted by Gasteiger charge is 2.48. The molecule has 1 saturated heterocycles. The minimum Gasteiger partial charge on any atom is -0.365 e. The third-order valence-corrected chi connectivity index (χ3v) is 5.96. The van der Waals surface area contributed by atoms with Crippen molar-refractivity contribution < 1.29 is 9.18 Å². The maximum Gasteiger partial charge on any atom is 0.315 e. The smallest absolute Gasteiger partial charge is 0.315 e. The lowest BCUT2D eigenvalue weighted by Gasteiger charge is -2.55. The van der Waals surface area contributed by atoms with Gasteiger partial charge >= 0.3 is 6.03 Å². The molecule has 7 heteroatoms. The van der Waals surface area contributed by atoms with Crippen molar-refractivity contribution in [3.05, 3.63) is 59.1 Å². The molecular formula is C20H24ClFN4O. The number of urea groups is 1. The summed E-state index contributed by atoms with van der Waals surface area (Å²) in [5, 5.41) is 0.635. The molecule has 2 N–H and O–H groups in total. The summed E-state index contributed by atoms with van der Waals surface area (Å²) in [6, 6.07) is 8.54. The maximum atomic E-state index is 14.4. The molecule has 0 bridgehead atoms. The minimum absolute atomic E-state index is 0.117. The molecule has 3 atom stereocenters. The van der Waals surface area contributed by atoms with E-state index in [-0.39, 0.29) is 17.8 Å². The van der Waals surface area contributed by atoms with E-state index in [0.29, 0.717) is 23.8 Å². The lowest BCUT2D eigenvalue weighted by molar-refractivity contribution is 0.0659. The number of amides is 2. The number of carbonyl (C=O) groups is 1. The number of pyridine rings is 1. The molecule has 1 fully saturated rings. The summed E-state index contributed by atoms with van der Waals surface area (Å²) in [7, 11) is 0. The summed E-state index contributed by atoms with van der Waals surface area (Å²) < 4.78 is 14.4. The SMILES string of the molecule is CC1CN(c2ccncc2F)CC(C)([C@@H](C)c2ccccc2Cl)N1C(N)=O. The zero-order valence-corrected chi connectivity index (χ0v) is 16.4. The van der Waals surface area contributed by atoms with E-state index in [1.165, 1.54) is 6.20 Å². The fourth-order valence-corrected chi connectivity index (χ4v) is 4.51. The molecule has 2 unspecified atom stereocenters. The maximum absolute atomic E-state index is 14.4. The molecule has 3 rings (SSSR count). The van der Waals surface area contributed by atoms with Gasteiger partial charge in [-0.15, -0.1) is 0 Å². The number of carbonyl (C=O) groups excluding carboxylic acids is 1. The van der Waals surface area contributed by atoms with E-state index >= 15 is 0 Å². The number of aromatic nitrogens is 1. The Bertz CT molecular complexity index is 848. The topological polar surface area (TPSA) is 62.5 Å². The molecule has 0 radical (unpaired) electrons. The number of halogens is 2. The van der Waals surface area contributed by atoms with E-state index in [4.69, 9.17) is 17.3 Å². The molecule has 1 aliphatic rings. The molecule has 0 saturated carbocycles. The summed E-state index contributed by atoms with van der Waals surface area (Å²) in [5.41, 5.74) is 6.48. The first-order valence-electron chi connectivity index (χ1n) is 8.93. The molecule has 1 aliphatic heterocycles. The van der Waals surface area contributed by atoms with Gasteiger partial charge in [-0.2, -0.15) is 0 Å². The predicted molar refractivity (Wildman–Crippen MR) is 106 cm³/mol. The highest BCUT2D eigenvalue weighted by Crippen LogP contribution is 2.41. The molecule has 27 heavy (non-hydrogen) atoms. The summed E-state index contributed by atoms with van der Waals surface area (Å²) in [5.74, 6) is -0.501. The quantitative estimate of drug-likeness (QED) is 0.860. The van der Waals surface area contributed by atoms with Crippen LogP contribution >= 0.6 is 11.6 Å². The molecule has 2 aromatic rings. The molecule has 144 valence electrons. The Hall–Kier alpha value is -2.34. The van der Waals surface area contributed by atoms with Crippen LogP contribution < -0.4 is 10.6 Å². The first kappa shape index (κ1) is 19.4. The largest absolute Gasteiger partial charge is 0.365 e. The predicted octanol–water partition coefficient (Wildman–Crippen LogP) is 4.03. The second kappa shape index (κ2) is 7.35. The molecular weight excluding hydrogens is 367 g/mol. The van der Waals surface area contributed by atoms with Crippen molar-refractivity contribution in [2.75, 3.05) is 18.0 Å². The van der Waals surface area contributed by atoms with Crippen molar-refractivity contribution in [1.82, 2.24) is 9.88 Å². The molecule has 0 spiro atoms. The molecule has 5 nitrogen and oxygen atoms in total. The van der Waals surface area contributed by atoms with Crippen molar-refractivity contribution in [2.45, 2.75) is 38.3 Å². The van der Waals surface area contributed by atoms with E-state index in [0.717, 1.165) is 5.56 Å². The van der Waals surface area contributed by atoms with E-state index in [2.05, 4.69) is 4.98 Å². The van der Waals surface area contributed by atoms with Gasteiger partial charge in [0, 0.05) is 36.3 Å². The van der Waals surface area contributed by atoms with Crippen LogP contribution in [0.25, 0.3) is 0 Å². The zero-order chi connectivity index (χ0) is 19.8. The van der Waals surface area contributed by atoms with Crippen LogP contribution in [0.4, 0.5) is 14.9 Å². The van der Waals surface area contributed by atoms with E-state index in [9.17, 15) is 9.18 Å². The van der Waals surface area contributed by atoms with Gasteiger partial charge in [-0.05, 0) is 31.5 Å². The number of benzene rings is 1. The van der Waals surface area contributed by atoms with Gasteiger partial charge in [0.1, 0.15) is 0 Å². The van der Waals surface area contributed by atoms with E-state index in [1.807, 2.05) is 49.9 Å². The average molecular weight is 391 g/mol. The number of nitrogens with zero attached hydrogens (tertiary/aromatic N) is 3. The van der Waals surface area contributed by atoms with Crippen molar-refractivity contribution in [2.24, 2.45) is 5.73 Å². The van der Waals surface area contributed by atoms with Gasteiger partial charge in [0.05, 0.1) is 17.4 Å². The third-order valence-electron chi connectivity index (χ3n) is 5.62. The summed E-state index contributed by atoms with van der Waals surface area (Å²) in [6.45, 7) is 6.83. The van der Waals surface area contributed by atoms with Crippen molar-refractivity contribution in [3.63, 3.8) is 0 Å². The highest BCUT2D eigenvalue weighted by molar-refractivity contribution is 6.31. The molecule has 2 heterocycles. The van der Waals surface area contributed by atoms with Crippen molar-refractivity contribution in [1.29, 1.82) is 0 Å². The molecule has 1 aromatic carbocycles. The lowest BCUT2D eigenvalue weighted by Crippen LogP contribution is -2.69.